The quantitative estimate of drug-likeness (QED) is 0.549. The van der Waals surface area contributed by atoms with Gasteiger partial charge < -0.3 is 15.2 Å². The molecule has 0 aromatic heterocycles. The normalized spacial score (nSPS) is 9.00. The summed E-state index contributed by atoms with van der Waals surface area (Å²) < 4.78 is 4.47. The molecule has 0 bridgehead atoms. The topological polar surface area (TPSA) is 92.7 Å². The van der Waals surface area contributed by atoms with Crippen molar-refractivity contribution >= 4 is 17.8 Å². The van der Waals surface area contributed by atoms with Gasteiger partial charge in [0.2, 0.25) is 5.91 Å². The van der Waals surface area contributed by atoms with Crippen LogP contribution in [0.15, 0.2) is 0 Å². The number of esters is 1. The average molecular weight is 189 g/mol. The second-order valence-electron chi connectivity index (χ2n) is 2.27. The van der Waals surface area contributed by atoms with E-state index in [-0.39, 0.29) is 25.5 Å². The second kappa shape index (κ2) is 5.99. The van der Waals surface area contributed by atoms with Gasteiger partial charge >= 0.3 is 11.9 Å². The number of ether oxygens (including phenoxy) is 1. The monoisotopic (exact) mass is 189 g/mol. The lowest BCUT2D eigenvalue weighted by Crippen LogP contribution is -2.28. The molecule has 0 saturated carbocycles. The molecule has 0 radical (unpaired) electrons. The van der Waals surface area contributed by atoms with Gasteiger partial charge in [-0.1, -0.05) is 0 Å². The summed E-state index contributed by atoms with van der Waals surface area (Å²) >= 11 is 0. The van der Waals surface area contributed by atoms with Crippen molar-refractivity contribution in [1.29, 1.82) is 0 Å². The Bertz CT molecular complexity index is 213. The summed E-state index contributed by atoms with van der Waals surface area (Å²) in [7, 11) is 0. The molecule has 0 aromatic rings. The Hall–Kier alpha value is -1.59. The summed E-state index contributed by atoms with van der Waals surface area (Å²) in [5.41, 5.74) is 0. The minimum atomic E-state index is -1.03. The standard InChI is InChI=1S/C7H11NO5/c1-5(9)8-4-7(12)13-3-2-6(10)11/h2-4H2,1H3,(H,8,9)(H,10,11). The summed E-state index contributed by atoms with van der Waals surface area (Å²) in [4.78, 5) is 31.0. The Balaban J connectivity index is 3.41. The molecule has 0 atom stereocenters. The molecule has 0 aliphatic carbocycles. The van der Waals surface area contributed by atoms with Gasteiger partial charge in [0.25, 0.3) is 0 Å². The van der Waals surface area contributed by atoms with Gasteiger partial charge in [-0.15, -0.1) is 0 Å². The highest BCUT2D eigenvalue weighted by Crippen LogP contribution is 1.83. The van der Waals surface area contributed by atoms with Crippen molar-refractivity contribution in [3.05, 3.63) is 0 Å². The molecular formula is C7H11NO5. The van der Waals surface area contributed by atoms with Gasteiger partial charge in [0.05, 0.1) is 6.42 Å². The number of rotatable bonds is 5. The number of carbonyl (C=O) groups is 3. The van der Waals surface area contributed by atoms with Crippen LogP contribution >= 0.6 is 0 Å². The molecule has 74 valence electrons. The van der Waals surface area contributed by atoms with E-state index in [1.54, 1.807) is 0 Å². The average Bonchev–Trinajstić information content (AvgIpc) is 2.00. The zero-order valence-electron chi connectivity index (χ0n) is 7.20. The molecule has 0 spiro atoms. The van der Waals surface area contributed by atoms with Crippen molar-refractivity contribution in [1.82, 2.24) is 5.32 Å². The highest BCUT2D eigenvalue weighted by molar-refractivity contribution is 5.80. The van der Waals surface area contributed by atoms with Crippen LogP contribution in [0.1, 0.15) is 13.3 Å². The molecule has 0 saturated heterocycles. The maximum absolute atomic E-state index is 10.7. The predicted molar refractivity (Wildman–Crippen MR) is 41.9 cm³/mol. The Morgan fingerprint density at radius 1 is 1.38 bits per heavy atom. The van der Waals surface area contributed by atoms with E-state index in [1.807, 2.05) is 0 Å². The third-order valence-corrected chi connectivity index (χ3v) is 1.06. The van der Waals surface area contributed by atoms with Crippen molar-refractivity contribution in [3.63, 3.8) is 0 Å². The van der Waals surface area contributed by atoms with E-state index in [0.29, 0.717) is 0 Å². The molecule has 6 heteroatoms. The molecule has 0 unspecified atom stereocenters. The van der Waals surface area contributed by atoms with Crippen LogP contribution in [0.2, 0.25) is 0 Å². The second-order valence-corrected chi connectivity index (χ2v) is 2.27. The molecule has 1 amide bonds. The highest BCUT2D eigenvalue weighted by atomic mass is 16.5. The van der Waals surface area contributed by atoms with Crippen LogP contribution < -0.4 is 5.32 Å². The molecule has 0 aromatic carbocycles. The fourth-order valence-corrected chi connectivity index (χ4v) is 0.500. The van der Waals surface area contributed by atoms with Crippen LogP contribution in [0.25, 0.3) is 0 Å². The van der Waals surface area contributed by atoms with Gasteiger partial charge in [0.15, 0.2) is 0 Å². The molecule has 0 fully saturated rings. The zero-order chi connectivity index (χ0) is 10.3. The van der Waals surface area contributed by atoms with E-state index in [9.17, 15) is 14.4 Å². The molecule has 0 aliphatic heterocycles. The van der Waals surface area contributed by atoms with Crippen molar-refractivity contribution in [3.8, 4) is 0 Å². The van der Waals surface area contributed by atoms with Crippen molar-refractivity contribution in [2.75, 3.05) is 13.2 Å². The Labute approximate surface area is 74.9 Å². The predicted octanol–water partition coefficient (Wildman–Crippen LogP) is -0.860. The molecular weight excluding hydrogens is 178 g/mol. The van der Waals surface area contributed by atoms with Gasteiger partial charge in [-0.3, -0.25) is 14.4 Å². The number of carboxylic acid groups (broad SMARTS) is 1. The maximum Gasteiger partial charge on any atom is 0.325 e. The summed E-state index contributed by atoms with van der Waals surface area (Å²) in [6.45, 7) is 0.868. The third kappa shape index (κ3) is 8.32. The van der Waals surface area contributed by atoms with E-state index in [0.717, 1.165) is 0 Å². The maximum atomic E-state index is 10.7. The van der Waals surface area contributed by atoms with Crippen LogP contribution in [0.4, 0.5) is 0 Å². The Kier molecular flexibility index (Phi) is 5.25. The van der Waals surface area contributed by atoms with Crippen LogP contribution in [-0.2, 0) is 19.1 Å². The Morgan fingerprint density at radius 2 is 2.00 bits per heavy atom. The van der Waals surface area contributed by atoms with Crippen molar-refractivity contribution < 1.29 is 24.2 Å². The molecule has 0 rings (SSSR count). The van der Waals surface area contributed by atoms with Crippen molar-refractivity contribution in [2.45, 2.75) is 13.3 Å². The first kappa shape index (κ1) is 11.4. The third-order valence-electron chi connectivity index (χ3n) is 1.06. The van der Waals surface area contributed by atoms with Gasteiger partial charge in [-0.05, 0) is 0 Å². The number of amides is 1. The molecule has 0 heterocycles. The van der Waals surface area contributed by atoms with E-state index in [2.05, 4.69) is 10.1 Å². The summed E-state index contributed by atoms with van der Waals surface area (Å²) in [6, 6.07) is 0. The van der Waals surface area contributed by atoms with Crippen LogP contribution in [0.3, 0.4) is 0 Å². The Morgan fingerprint density at radius 3 is 2.46 bits per heavy atom. The minimum Gasteiger partial charge on any atom is -0.481 e. The van der Waals surface area contributed by atoms with Crippen molar-refractivity contribution in [2.24, 2.45) is 0 Å². The number of hydrogen-bond acceptors (Lipinski definition) is 4. The molecule has 13 heavy (non-hydrogen) atoms. The van der Waals surface area contributed by atoms with Crippen LogP contribution in [0.5, 0.6) is 0 Å². The number of carbonyl (C=O) groups excluding carboxylic acids is 2. The summed E-state index contributed by atoms with van der Waals surface area (Å²) in [6.07, 6.45) is -0.230. The molecule has 0 aliphatic rings. The van der Waals surface area contributed by atoms with E-state index in [4.69, 9.17) is 5.11 Å². The first-order valence-corrected chi connectivity index (χ1v) is 3.64. The molecule has 6 nitrogen and oxygen atoms in total. The van der Waals surface area contributed by atoms with E-state index >= 15 is 0 Å². The number of hydrogen-bond donors (Lipinski definition) is 2. The fraction of sp³-hybridized carbons (Fsp3) is 0.571. The summed E-state index contributed by atoms with van der Waals surface area (Å²) in [5.74, 6) is -2.01. The first-order chi connectivity index (χ1) is 6.02. The number of aliphatic carboxylic acids is 1. The van der Waals surface area contributed by atoms with Gasteiger partial charge in [0.1, 0.15) is 13.2 Å². The lowest BCUT2D eigenvalue weighted by Gasteiger charge is -2.02. The lowest BCUT2D eigenvalue weighted by molar-refractivity contribution is -0.146. The van der Waals surface area contributed by atoms with Gasteiger partial charge in [-0.25, -0.2) is 0 Å². The first-order valence-electron chi connectivity index (χ1n) is 3.64. The zero-order valence-corrected chi connectivity index (χ0v) is 7.20. The lowest BCUT2D eigenvalue weighted by atomic mass is 10.5. The minimum absolute atomic E-state index is 0.173. The van der Waals surface area contributed by atoms with E-state index < -0.39 is 11.9 Å². The smallest absolute Gasteiger partial charge is 0.325 e. The molecule has 2 N–H and O–H groups in total. The number of carboxylic acids is 1. The van der Waals surface area contributed by atoms with Crippen LogP contribution in [0, 0.1) is 0 Å². The largest absolute Gasteiger partial charge is 0.481 e. The van der Waals surface area contributed by atoms with Crippen LogP contribution in [-0.4, -0.2) is 36.1 Å². The van der Waals surface area contributed by atoms with E-state index in [1.165, 1.54) is 6.92 Å². The highest BCUT2D eigenvalue weighted by Gasteiger charge is 2.04. The summed E-state index contributed by atoms with van der Waals surface area (Å²) in [5, 5.41) is 10.4. The van der Waals surface area contributed by atoms with Gasteiger partial charge in [-0.2, -0.15) is 0 Å². The SMILES string of the molecule is CC(=O)NCC(=O)OCCC(=O)O. The van der Waals surface area contributed by atoms with Gasteiger partial charge in [0, 0.05) is 6.92 Å². The number of nitrogens with one attached hydrogen (secondary N) is 1. The fourth-order valence-electron chi connectivity index (χ4n) is 0.500.